The lowest BCUT2D eigenvalue weighted by Gasteiger charge is -2.21. The number of likely N-dealkylation sites (N-methyl/N-ethyl adjacent to an activating group) is 2. The number of ether oxygens (including phenoxy) is 1. The summed E-state index contributed by atoms with van der Waals surface area (Å²) in [6, 6.07) is 5.96. The van der Waals surface area contributed by atoms with Gasteiger partial charge in [0.2, 0.25) is 0 Å². The van der Waals surface area contributed by atoms with E-state index in [0.717, 1.165) is 71.8 Å². The minimum Gasteiger partial charge on any atom is -0.497 e. The normalized spacial score (nSPS) is 11.8. The number of hydrogen-bond acceptors (Lipinski definition) is 5. The third-order valence-corrected chi connectivity index (χ3v) is 5.81. The van der Waals surface area contributed by atoms with Crippen LogP contribution in [0, 0.1) is 13.8 Å². The highest BCUT2D eigenvalue weighted by Gasteiger charge is 2.24. The van der Waals surface area contributed by atoms with Crippen molar-refractivity contribution in [3.8, 4) is 17.0 Å². The van der Waals surface area contributed by atoms with E-state index in [1.165, 1.54) is 0 Å². The van der Waals surface area contributed by atoms with Crippen molar-refractivity contribution < 1.29 is 9.53 Å². The number of carbonyl (C=O) groups is 1. The first kappa shape index (κ1) is 22.1. The van der Waals surface area contributed by atoms with Gasteiger partial charge in [0.15, 0.2) is 6.29 Å². The van der Waals surface area contributed by atoms with Gasteiger partial charge in [0.1, 0.15) is 5.75 Å². The Kier molecular flexibility index (Phi) is 6.63. The third-order valence-electron chi connectivity index (χ3n) is 5.81. The van der Waals surface area contributed by atoms with Crippen molar-refractivity contribution in [3.05, 3.63) is 35.2 Å². The molecule has 162 valence electrons. The van der Waals surface area contributed by atoms with Crippen LogP contribution in [-0.4, -0.2) is 78.3 Å². The van der Waals surface area contributed by atoms with Crippen molar-refractivity contribution in [1.82, 2.24) is 24.1 Å². The highest BCUT2D eigenvalue weighted by Crippen LogP contribution is 2.37. The Balaban J connectivity index is 2.14. The second kappa shape index (κ2) is 9.02. The molecule has 0 aliphatic carbocycles. The van der Waals surface area contributed by atoms with E-state index in [9.17, 15) is 4.79 Å². The average Bonchev–Trinajstić information content (AvgIpc) is 3.15. The number of aldehydes is 1. The Morgan fingerprint density at radius 3 is 2.43 bits per heavy atom. The SMILES string of the molecule is COc1ccc2c(c1)c(C=O)c(-c1c(C)nn(C)c1C)n2CCN(C)CCN(C)C. The van der Waals surface area contributed by atoms with Gasteiger partial charge in [0.05, 0.1) is 18.5 Å². The molecule has 0 unspecified atom stereocenters. The van der Waals surface area contributed by atoms with Gasteiger partial charge in [-0.05, 0) is 53.2 Å². The van der Waals surface area contributed by atoms with Gasteiger partial charge in [-0.1, -0.05) is 0 Å². The standard InChI is InChI=1S/C23H33N5O2/c1-16-22(17(2)27(6)24-16)23-20(15-29)19-14-18(30-7)8-9-21(19)28(23)13-12-26(5)11-10-25(3)4/h8-9,14-15H,10-13H2,1-7H3. The number of benzene rings is 1. The molecule has 0 N–H and O–H groups in total. The zero-order valence-corrected chi connectivity index (χ0v) is 19.2. The summed E-state index contributed by atoms with van der Waals surface area (Å²) < 4.78 is 9.57. The van der Waals surface area contributed by atoms with E-state index in [0.29, 0.717) is 5.56 Å². The van der Waals surface area contributed by atoms with Crippen LogP contribution in [0.1, 0.15) is 21.7 Å². The number of aromatic nitrogens is 3. The van der Waals surface area contributed by atoms with Crippen molar-refractivity contribution in [2.75, 3.05) is 47.9 Å². The Morgan fingerprint density at radius 1 is 1.13 bits per heavy atom. The van der Waals surface area contributed by atoms with E-state index in [-0.39, 0.29) is 0 Å². The molecule has 2 heterocycles. The first-order valence-electron chi connectivity index (χ1n) is 10.3. The van der Waals surface area contributed by atoms with Crippen LogP contribution in [0.4, 0.5) is 0 Å². The monoisotopic (exact) mass is 411 g/mol. The summed E-state index contributed by atoms with van der Waals surface area (Å²) in [5.74, 6) is 0.747. The Morgan fingerprint density at radius 2 is 1.87 bits per heavy atom. The molecule has 1 aromatic carbocycles. The number of hydrogen-bond donors (Lipinski definition) is 0. The molecule has 0 aliphatic heterocycles. The Hall–Kier alpha value is -2.64. The van der Waals surface area contributed by atoms with E-state index in [2.05, 4.69) is 47.5 Å². The maximum absolute atomic E-state index is 12.3. The van der Waals surface area contributed by atoms with Gasteiger partial charge in [-0.2, -0.15) is 5.10 Å². The van der Waals surface area contributed by atoms with Gasteiger partial charge in [0.25, 0.3) is 0 Å². The highest BCUT2D eigenvalue weighted by atomic mass is 16.5. The first-order valence-corrected chi connectivity index (χ1v) is 10.3. The Bertz CT molecular complexity index is 1050. The Labute approximate surface area is 178 Å². The van der Waals surface area contributed by atoms with Crippen molar-refractivity contribution >= 4 is 17.2 Å². The predicted octanol–water partition coefficient (Wildman–Crippen LogP) is 2.97. The zero-order chi connectivity index (χ0) is 22.0. The van der Waals surface area contributed by atoms with Crippen LogP contribution < -0.4 is 4.74 Å². The average molecular weight is 412 g/mol. The molecule has 0 radical (unpaired) electrons. The van der Waals surface area contributed by atoms with Crippen molar-refractivity contribution in [1.29, 1.82) is 0 Å². The second-order valence-electron chi connectivity index (χ2n) is 8.19. The number of methoxy groups -OCH3 is 1. The number of rotatable bonds is 9. The van der Waals surface area contributed by atoms with Gasteiger partial charge in [-0.15, -0.1) is 0 Å². The van der Waals surface area contributed by atoms with E-state index < -0.39 is 0 Å². The molecule has 30 heavy (non-hydrogen) atoms. The fourth-order valence-electron chi connectivity index (χ4n) is 3.98. The van der Waals surface area contributed by atoms with Crippen molar-refractivity contribution in [3.63, 3.8) is 0 Å². The van der Waals surface area contributed by atoms with Crippen molar-refractivity contribution in [2.24, 2.45) is 7.05 Å². The van der Waals surface area contributed by atoms with E-state index in [4.69, 9.17) is 4.74 Å². The quantitative estimate of drug-likeness (QED) is 0.507. The van der Waals surface area contributed by atoms with Crippen LogP contribution in [-0.2, 0) is 13.6 Å². The minimum atomic E-state index is 0.694. The van der Waals surface area contributed by atoms with Crippen LogP contribution in [0.25, 0.3) is 22.2 Å². The van der Waals surface area contributed by atoms with E-state index >= 15 is 0 Å². The molecule has 3 aromatic rings. The summed E-state index contributed by atoms with van der Waals surface area (Å²) in [6.45, 7) is 7.71. The molecule has 0 saturated carbocycles. The largest absolute Gasteiger partial charge is 0.497 e. The van der Waals surface area contributed by atoms with Gasteiger partial charge >= 0.3 is 0 Å². The lowest BCUT2D eigenvalue weighted by Crippen LogP contribution is -2.31. The summed E-state index contributed by atoms with van der Waals surface area (Å²) in [6.07, 6.45) is 0.968. The number of nitrogens with zero attached hydrogens (tertiary/aromatic N) is 5. The van der Waals surface area contributed by atoms with E-state index in [1.807, 2.05) is 36.9 Å². The maximum Gasteiger partial charge on any atom is 0.152 e. The lowest BCUT2D eigenvalue weighted by atomic mass is 10.0. The van der Waals surface area contributed by atoms with Crippen LogP contribution in [0.3, 0.4) is 0 Å². The second-order valence-corrected chi connectivity index (χ2v) is 8.19. The fraction of sp³-hybridized carbons (Fsp3) is 0.478. The summed E-state index contributed by atoms with van der Waals surface area (Å²) in [4.78, 5) is 16.8. The topological polar surface area (TPSA) is 55.5 Å². The molecule has 2 aromatic heterocycles. The summed E-state index contributed by atoms with van der Waals surface area (Å²) in [5.41, 5.74) is 5.68. The molecular formula is C23H33N5O2. The molecule has 0 saturated heterocycles. The van der Waals surface area contributed by atoms with Crippen LogP contribution in [0.15, 0.2) is 18.2 Å². The molecule has 0 atom stereocenters. The number of fused-ring (bicyclic) bond motifs is 1. The van der Waals surface area contributed by atoms with Crippen LogP contribution >= 0.6 is 0 Å². The number of aryl methyl sites for hydroxylation is 2. The summed E-state index contributed by atoms with van der Waals surface area (Å²) >= 11 is 0. The van der Waals surface area contributed by atoms with Gasteiger partial charge < -0.3 is 19.1 Å². The fourth-order valence-corrected chi connectivity index (χ4v) is 3.98. The molecular weight excluding hydrogens is 378 g/mol. The molecule has 0 amide bonds. The van der Waals surface area contributed by atoms with Crippen molar-refractivity contribution in [2.45, 2.75) is 20.4 Å². The minimum absolute atomic E-state index is 0.694. The van der Waals surface area contributed by atoms with E-state index in [1.54, 1.807) is 7.11 Å². The summed E-state index contributed by atoms with van der Waals surface area (Å²) in [7, 11) is 9.90. The molecule has 0 aliphatic rings. The van der Waals surface area contributed by atoms with Gasteiger partial charge in [-0.3, -0.25) is 9.48 Å². The highest BCUT2D eigenvalue weighted by molar-refractivity contribution is 6.06. The lowest BCUT2D eigenvalue weighted by molar-refractivity contribution is 0.112. The summed E-state index contributed by atoms with van der Waals surface area (Å²) in [5, 5.41) is 5.51. The van der Waals surface area contributed by atoms with Crippen LogP contribution in [0.2, 0.25) is 0 Å². The molecule has 7 heteroatoms. The van der Waals surface area contributed by atoms with Gasteiger partial charge in [-0.25, -0.2) is 0 Å². The first-order chi connectivity index (χ1) is 14.3. The molecule has 0 fully saturated rings. The molecule has 7 nitrogen and oxygen atoms in total. The zero-order valence-electron chi connectivity index (χ0n) is 19.2. The number of carbonyl (C=O) groups excluding carboxylic acids is 1. The smallest absolute Gasteiger partial charge is 0.152 e. The third kappa shape index (κ3) is 4.13. The maximum atomic E-state index is 12.3. The van der Waals surface area contributed by atoms with Gasteiger partial charge in [0, 0.05) is 61.0 Å². The van der Waals surface area contributed by atoms with Crippen LogP contribution in [0.5, 0.6) is 5.75 Å². The predicted molar refractivity (Wildman–Crippen MR) is 122 cm³/mol. The molecule has 0 spiro atoms. The molecule has 3 rings (SSSR count). The molecule has 0 bridgehead atoms.